The molecule has 1 atom stereocenters. The lowest BCUT2D eigenvalue weighted by Crippen LogP contribution is -2.60. The second kappa shape index (κ2) is 8.50. The summed E-state index contributed by atoms with van der Waals surface area (Å²) in [7, 11) is 4.60. The molecule has 2 rings (SSSR count). The number of rotatable bonds is 7. The minimum absolute atomic E-state index is 0.381. The monoisotopic (exact) mass is 296 g/mol. The zero-order valence-electron chi connectivity index (χ0n) is 14.5. The lowest BCUT2D eigenvalue weighted by molar-refractivity contribution is 0.0232. The van der Waals surface area contributed by atoms with Crippen LogP contribution in [0.5, 0.6) is 0 Å². The van der Waals surface area contributed by atoms with E-state index in [-0.39, 0.29) is 0 Å². The minimum atomic E-state index is 0.381. The fourth-order valence-electron chi connectivity index (χ4n) is 4.40. The molecule has 2 aliphatic rings. The second-order valence-electron chi connectivity index (χ2n) is 7.36. The first kappa shape index (κ1) is 17.2. The van der Waals surface area contributed by atoms with Crippen LogP contribution in [0.1, 0.15) is 64.7 Å². The Balaban J connectivity index is 2.07. The average molecular weight is 296 g/mol. The average Bonchev–Trinajstić information content (AvgIpc) is 2.53. The van der Waals surface area contributed by atoms with E-state index >= 15 is 0 Å². The van der Waals surface area contributed by atoms with Crippen LogP contribution in [0.25, 0.3) is 0 Å². The third-order valence-corrected chi connectivity index (χ3v) is 5.81. The van der Waals surface area contributed by atoms with E-state index in [0.29, 0.717) is 11.6 Å². The Labute approximate surface area is 131 Å². The van der Waals surface area contributed by atoms with Crippen LogP contribution in [0.15, 0.2) is 0 Å². The molecule has 0 spiro atoms. The van der Waals surface area contributed by atoms with Gasteiger partial charge in [-0.1, -0.05) is 26.2 Å². The molecule has 0 aromatic rings. The van der Waals surface area contributed by atoms with Crippen LogP contribution in [0.2, 0.25) is 0 Å². The van der Waals surface area contributed by atoms with Gasteiger partial charge in [0.05, 0.1) is 0 Å². The van der Waals surface area contributed by atoms with E-state index < -0.39 is 0 Å². The Morgan fingerprint density at radius 1 is 1.14 bits per heavy atom. The Morgan fingerprint density at radius 2 is 1.81 bits per heavy atom. The van der Waals surface area contributed by atoms with E-state index in [1.54, 1.807) is 0 Å². The van der Waals surface area contributed by atoms with Crippen LogP contribution in [0, 0.1) is 5.92 Å². The van der Waals surface area contributed by atoms with E-state index in [2.05, 4.69) is 31.2 Å². The lowest BCUT2D eigenvalue weighted by atomic mass is 9.72. The highest BCUT2D eigenvalue weighted by Gasteiger charge is 2.42. The summed E-state index contributed by atoms with van der Waals surface area (Å²) in [4.78, 5) is 2.54. The first-order valence-electron chi connectivity index (χ1n) is 9.17. The normalized spacial score (nSPS) is 25.1. The molecule has 3 nitrogen and oxygen atoms in total. The molecule has 3 heteroatoms. The maximum Gasteiger partial charge on any atom is 0.0468 e. The summed E-state index contributed by atoms with van der Waals surface area (Å²) in [6, 6.07) is 0.649. The zero-order valence-corrected chi connectivity index (χ0v) is 14.5. The molecule has 21 heavy (non-hydrogen) atoms. The highest BCUT2D eigenvalue weighted by Crippen LogP contribution is 2.38. The van der Waals surface area contributed by atoms with Gasteiger partial charge in [-0.15, -0.1) is 0 Å². The number of hydrogen-bond acceptors (Lipinski definition) is 3. The van der Waals surface area contributed by atoms with Gasteiger partial charge in [-0.2, -0.15) is 0 Å². The molecule has 1 aliphatic heterocycles. The predicted octanol–water partition coefficient (Wildman–Crippen LogP) is 3.44. The summed E-state index contributed by atoms with van der Waals surface area (Å²) < 4.78 is 5.55. The number of nitrogens with zero attached hydrogens (tertiary/aromatic N) is 1. The molecule has 1 heterocycles. The topological polar surface area (TPSA) is 24.5 Å². The highest BCUT2D eigenvalue weighted by atomic mass is 16.5. The standard InChI is InChI=1S/C18H36N2O/c1-4-12-19-17(15-16-8-13-21-14-9-16)18(20(2)3)10-6-5-7-11-18/h16-17,19H,4-15H2,1-3H3. The van der Waals surface area contributed by atoms with Gasteiger partial charge in [0.2, 0.25) is 0 Å². The van der Waals surface area contributed by atoms with Crippen molar-refractivity contribution in [3.63, 3.8) is 0 Å². The van der Waals surface area contributed by atoms with Gasteiger partial charge in [0.25, 0.3) is 0 Å². The highest BCUT2D eigenvalue weighted by molar-refractivity contribution is 5.01. The van der Waals surface area contributed by atoms with E-state index in [1.807, 2.05) is 0 Å². The third-order valence-electron chi connectivity index (χ3n) is 5.81. The molecule has 1 saturated carbocycles. The van der Waals surface area contributed by atoms with Crippen molar-refractivity contribution in [1.82, 2.24) is 10.2 Å². The smallest absolute Gasteiger partial charge is 0.0468 e. The maximum absolute atomic E-state index is 5.55. The Hall–Kier alpha value is -0.120. The van der Waals surface area contributed by atoms with Gasteiger partial charge in [-0.05, 0) is 65.1 Å². The number of nitrogens with one attached hydrogen (secondary N) is 1. The molecule has 1 saturated heterocycles. The minimum Gasteiger partial charge on any atom is -0.381 e. The van der Waals surface area contributed by atoms with Gasteiger partial charge in [0, 0.05) is 24.8 Å². The largest absolute Gasteiger partial charge is 0.381 e. The summed E-state index contributed by atoms with van der Waals surface area (Å²) in [5, 5.41) is 3.93. The van der Waals surface area contributed by atoms with Crippen molar-refractivity contribution in [1.29, 1.82) is 0 Å². The van der Waals surface area contributed by atoms with Crippen molar-refractivity contribution in [2.45, 2.75) is 76.3 Å². The molecule has 0 bridgehead atoms. The predicted molar refractivity (Wildman–Crippen MR) is 89.7 cm³/mol. The maximum atomic E-state index is 5.55. The van der Waals surface area contributed by atoms with Crippen molar-refractivity contribution >= 4 is 0 Å². The molecular formula is C18H36N2O. The molecule has 1 aliphatic carbocycles. The van der Waals surface area contributed by atoms with Crippen LogP contribution in [-0.2, 0) is 4.74 Å². The molecule has 1 unspecified atom stereocenters. The Morgan fingerprint density at radius 3 is 2.38 bits per heavy atom. The number of likely N-dealkylation sites (N-methyl/N-ethyl adjacent to an activating group) is 1. The van der Waals surface area contributed by atoms with Crippen LogP contribution in [0.4, 0.5) is 0 Å². The number of ether oxygens (including phenoxy) is 1. The molecule has 0 aromatic carbocycles. The van der Waals surface area contributed by atoms with E-state index in [9.17, 15) is 0 Å². The fraction of sp³-hybridized carbons (Fsp3) is 1.00. The van der Waals surface area contributed by atoms with Crippen molar-refractivity contribution < 1.29 is 4.74 Å². The summed E-state index contributed by atoms with van der Waals surface area (Å²) in [6.07, 6.45) is 12.0. The van der Waals surface area contributed by atoms with Gasteiger partial charge < -0.3 is 15.0 Å². The molecule has 0 amide bonds. The van der Waals surface area contributed by atoms with Crippen molar-refractivity contribution in [3.8, 4) is 0 Å². The summed E-state index contributed by atoms with van der Waals surface area (Å²) in [5.74, 6) is 0.854. The molecule has 0 aromatic heterocycles. The van der Waals surface area contributed by atoms with Crippen LogP contribution < -0.4 is 5.32 Å². The number of hydrogen-bond donors (Lipinski definition) is 1. The van der Waals surface area contributed by atoms with Gasteiger partial charge in [-0.3, -0.25) is 0 Å². The molecule has 1 N–H and O–H groups in total. The molecule has 0 radical (unpaired) electrons. The summed E-state index contributed by atoms with van der Waals surface area (Å²) in [5.41, 5.74) is 0.381. The van der Waals surface area contributed by atoms with Crippen molar-refractivity contribution in [2.75, 3.05) is 33.9 Å². The van der Waals surface area contributed by atoms with Gasteiger partial charge in [0.15, 0.2) is 0 Å². The first-order valence-corrected chi connectivity index (χ1v) is 9.17. The molecule has 124 valence electrons. The molecule has 2 fully saturated rings. The van der Waals surface area contributed by atoms with E-state index in [1.165, 1.54) is 57.8 Å². The second-order valence-corrected chi connectivity index (χ2v) is 7.36. The summed E-state index contributed by atoms with van der Waals surface area (Å²) >= 11 is 0. The van der Waals surface area contributed by atoms with Crippen molar-refractivity contribution in [2.24, 2.45) is 5.92 Å². The SMILES string of the molecule is CCCNC(CC1CCOCC1)C1(N(C)C)CCCCC1. The van der Waals surface area contributed by atoms with Crippen LogP contribution in [-0.4, -0.2) is 50.3 Å². The van der Waals surface area contributed by atoms with E-state index in [0.717, 1.165) is 25.7 Å². The van der Waals surface area contributed by atoms with Gasteiger partial charge in [0.1, 0.15) is 0 Å². The first-order chi connectivity index (χ1) is 10.2. The van der Waals surface area contributed by atoms with Gasteiger partial charge in [-0.25, -0.2) is 0 Å². The summed E-state index contributed by atoms with van der Waals surface area (Å²) in [6.45, 7) is 5.38. The van der Waals surface area contributed by atoms with Crippen LogP contribution in [0.3, 0.4) is 0 Å². The quantitative estimate of drug-likeness (QED) is 0.779. The Kier molecular flexibility index (Phi) is 6.97. The lowest BCUT2D eigenvalue weighted by Gasteiger charge is -2.50. The van der Waals surface area contributed by atoms with Crippen LogP contribution >= 0.6 is 0 Å². The fourth-order valence-corrected chi connectivity index (χ4v) is 4.40. The zero-order chi connectivity index (χ0) is 15.1. The molecular weight excluding hydrogens is 260 g/mol. The Bertz CT molecular complexity index is 281. The third kappa shape index (κ3) is 4.43. The van der Waals surface area contributed by atoms with Gasteiger partial charge >= 0.3 is 0 Å². The van der Waals surface area contributed by atoms with Crippen molar-refractivity contribution in [3.05, 3.63) is 0 Å². The van der Waals surface area contributed by atoms with E-state index in [4.69, 9.17) is 4.74 Å².